The van der Waals surface area contributed by atoms with Crippen molar-refractivity contribution in [3.05, 3.63) is 95.3 Å². The maximum Gasteiger partial charge on any atom is 0.259 e. The first kappa shape index (κ1) is 14.5. The fraction of sp³-hybridized carbons (Fsp3) is 0.0455. The summed E-state index contributed by atoms with van der Waals surface area (Å²) in [4.78, 5) is 13.1. The van der Waals surface area contributed by atoms with Gasteiger partial charge in [-0.2, -0.15) is 0 Å². The van der Waals surface area contributed by atoms with Crippen molar-refractivity contribution < 1.29 is 0 Å². The molecular formula is C22H17NO. The van der Waals surface area contributed by atoms with Crippen LogP contribution in [0.2, 0.25) is 0 Å². The van der Waals surface area contributed by atoms with Crippen LogP contribution in [0.3, 0.4) is 0 Å². The van der Waals surface area contributed by atoms with Gasteiger partial charge in [0.15, 0.2) is 0 Å². The first-order valence-electron chi connectivity index (χ1n) is 8.00. The molecule has 0 aliphatic heterocycles. The monoisotopic (exact) mass is 311 g/mol. The normalized spacial score (nSPS) is 10.9. The molecule has 0 amide bonds. The first-order valence-corrected chi connectivity index (χ1v) is 8.00. The Morgan fingerprint density at radius 3 is 1.75 bits per heavy atom. The van der Waals surface area contributed by atoms with Crippen LogP contribution >= 0.6 is 0 Å². The Bertz CT molecular complexity index is 1060. The minimum Gasteiger partial charge on any atom is -0.310 e. The smallest absolute Gasteiger partial charge is 0.259 e. The summed E-state index contributed by atoms with van der Waals surface area (Å²) >= 11 is 0. The van der Waals surface area contributed by atoms with E-state index in [-0.39, 0.29) is 5.56 Å². The molecule has 0 spiro atoms. The van der Waals surface area contributed by atoms with Crippen LogP contribution in [-0.2, 0) is 7.05 Å². The fourth-order valence-corrected chi connectivity index (χ4v) is 3.30. The minimum absolute atomic E-state index is 0.0266. The maximum atomic E-state index is 13.1. The van der Waals surface area contributed by atoms with E-state index in [1.807, 2.05) is 85.9 Å². The lowest BCUT2D eigenvalue weighted by Crippen LogP contribution is -2.21. The summed E-state index contributed by atoms with van der Waals surface area (Å²) in [5.41, 5.74) is 3.74. The Balaban J connectivity index is 2.16. The van der Waals surface area contributed by atoms with Gasteiger partial charge >= 0.3 is 0 Å². The van der Waals surface area contributed by atoms with E-state index in [1.165, 1.54) is 0 Å². The van der Waals surface area contributed by atoms with Crippen LogP contribution in [0, 0.1) is 0 Å². The average Bonchev–Trinajstić information content (AvgIpc) is 2.64. The average molecular weight is 311 g/mol. The molecule has 0 fully saturated rings. The predicted octanol–water partition coefficient (Wildman–Crippen LogP) is 4.87. The molecule has 4 rings (SSSR count). The van der Waals surface area contributed by atoms with Crippen molar-refractivity contribution in [2.45, 2.75) is 0 Å². The molecular weight excluding hydrogens is 294 g/mol. The molecule has 4 aromatic rings. The number of benzene rings is 3. The summed E-state index contributed by atoms with van der Waals surface area (Å²) in [6.07, 6.45) is 0. The number of pyridine rings is 1. The standard InChI is InChI=1S/C22H17NO/c1-23-21(17-12-6-3-7-13-17)19-15-9-8-14-18(19)20(22(23)24)16-10-4-2-5-11-16/h2-15H,1H3. The molecule has 0 bridgehead atoms. The summed E-state index contributed by atoms with van der Waals surface area (Å²) in [7, 11) is 1.85. The summed E-state index contributed by atoms with van der Waals surface area (Å²) in [6.45, 7) is 0. The zero-order valence-corrected chi connectivity index (χ0v) is 13.4. The molecule has 3 aromatic carbocycles. The van der Waals surface area contributed by atoms with Crippen molar-refractivity contribution in [2.75, 3.05) is 0 Å². The SMILES string of the molecule is Cn1c(-c2ccccc2)c2ccccc2c(-c2ccccc2)c1=O. The number of fused-ring (bicyclic) bond motifs is 1. The van der Waals surface area contributed by atoms with Gasteiger partial charge in [0.05, 0.1) is 11.3 Å². The predicted molar refractivity (Wildman–Crippen MR) is 100 cm³/mol. The lowest BCUT2D eigenvalue weighted by atomic mass is 9.96. The van der Waals surface area contributed by atoms with Gasteiger partial charge in [0, 0.05) is 12.4 Å². The van der Waals surface area contributed by atoms with E-state index in [2.05, 4.69) is 6.07 Å². The summed E-state index contributed by atoms with van der Waals surface area (Å²) < 4.78 is 1.76. The summed E-state index contributed by atoms with van der Waals surface area (Å²) in [5.74, 6) is 0. The molecule has 1 aromatic heterocycles. The number of hydrogen-bond donors (Lipinski definition) is 0. The Morgan fingerprint density at radius 1 is 0.625 bits per heavy atom. The topological polar surface area (TPSA) is 22.0 Å². The van der Waals surface area contributed by atoms with E-state index < -0.39 is 0 Å². The fourth-order valence-electron chi connectivity index (χ4n) is 3.30. The second kappa shape index (κ2) is 5.82. The third-order valence-electron chi connectivity index (χ3n) is 4.42. The van der Waals surface area contributed by atoms with Gasteiger partial charge in [0.2, 0.25) is 0 Å². The summed E-state index contributed by atoms with van der Waals surface area (Å²) in [5, 5.41) is 2.08. The molecule has 0 aliphatic carbocycles. The number of nitrogens with zero attached hydrogens (tertiary/aromatic N) is 1. The molecule has 24 heavy (non-hydrogen) atoms. The van der Waals surface area contributed by atoms with E-state index in [4.69, 9.17) is 0 Å². The lowest BCUT2D eigenvalue weighted by Gasteiger charge is -2.16. The van der Waals surface area contributed by atoms with Crippen LogP contribution in [0.25, 0.3) is 33.2 Å². The Hall–Kier alpha value is -3.13. The van der Waals surface area contributed by atoms with Crippen molar-refractivity contribution in [1.29, 1.82) is 0 Å². The molecule has 0 unspecified atom stereocenters. The van der Waals surface area contributed by atoms with Gasteiger partial charge in [-0.15, -0.1) is 0 Å². The molecule has 0 saturated heterocycles. The van der Waals surface area contributed by atoms with Crippen molar-refractivity contribution >= 4 is 10.8 Å². The highest BCUT2D eigenvalue weighted by Gasteiger charge is 2.16. The zero-order chi connectivity index (χ0) is 16.5. The largest absolute Gasteiger partial charge is 0.310 e. The lowest BCUT2D eigenvalue weighted by molar-refractivity contribution is 0.882. The second-order valence-corrected chi connectivity index (χ2v) is 5.87. The first-order chi connectivity index (χ1) is 11.8. The Morgan fingerprint density at radius 2 is 1.12 bits per heavy atom. The molecule has 0 N–H and O–H groups in total. The second-order valence-electron chi connectivity index (χ2n) is 5.87. The van der Waals surface area contributed by atoms with E-state index >= 15 is 0 Å². The van der Waals surface area contributed by atoms with E-state index in [1.54, 1.807) is 4.57 Å². The van der Waals surface area contributed by atoms with Crippen molar-refractivity contribution in [2.24, 2.45) is 7.05 Å². The van der Waals surface area contributed by atoms with E-state index in [0.29, 0.717) is 0 Å². The van der Waals surface area contributed by atoms with Crippen LogP contribution < -0.4 is 5.56 Å². The van der Waals surface area contributed by atoms with Crippen LogP contribution in [0.15, 0.2) is 89.7 Å². The molecule has 0 atom stereocenters. The molecule has 2 heteroatoms. The number of aromatic nitrogens is 1. The van der Waals surface area contributed by atoms with Gasteiger partial charge in [0.1, 0.15) is 0 Å². The Labute approximate surface area is 140 Å². The molecule has 1 heterocycles. The molecule has 116 valence electrons. The van der Waals surface area contributed by atoms with E-state index in [0.717, 1.165) is 33.2 Å². The highest BCUT2D eigenvalue weighted by atomic mass is 16.1. The van der Waals surface area contributed by atoms with Gasteiger partial charge in [-0.3, -0.25) is 4.79 Å². The zero-order valence-electron chi connectivity index (χ0n) is 13.4. The summed E-state index contributed by atoms with van der Waals surface area (Å²) in [6, 6.07) is 28.1. The molecule has 0 aliphatic rings. The molecule has 2 nitrogen and oxygen atoms in total. The van der Waals surface area contributed by atoms with Crippen molar-refractivity contribution in [1.82, 2.24) is 4.57 Å². The quantitative estimate of drug-likeness (QED) is 0.517. The van der Waals surface area contributed by atoms with E-state index in [9.17, 15) is 4.79 Å². The third kappa shape index (κ3) is 2.24. The van der Waals surface area contributed by atoms with Crippen LogP contribution in [0.1, 0.15) is 0 Å². The van der Waals surface area contributed by atoms with Crippen LogP contribution in [0.4, 0.5) is 0 Å². The third-order valence-corrected chi connectivity index (χ3v) is 4.42. The van der Waals surface area contributed by atoms with Gasteiger partial charge in [-0.1, -0.05) is 84.9 Å². The minimum atomic E-state index is 0.0266. The van der Waals surface area contributed by atoms with Gasteiger partial charge in [-0.05, 0) is 16.5 Å². The van der Waals surface area contributed by atoms with Crippen LogP contribution in [-0.4, -0.2) is 4.57 Å². The Kier molecular flexibility index (Phi) is 3.51. The van der Waals surface area contributed by atoms with Gasteiger partial charge in [0.25, 0.3) is 5.56 Å². The molecule has 0 saturated carbocycles. The highest BCUT2D eigenvalue weighted by Crippen LogP contribution is 2.32. The van der Waals surface area contributed by atoms with Gasteiger partial charge < -0.3 is 4.57 Å². The highest BCUT2D eigenvalue weighted by molar-refractivity contribution is 6.03. The van der Waals surface area contributed by atoms with Gasteiger partial charge in [-0.25, -0.2) is 0 Å². The number of hydrogen-bond acceptors (Lipinski definition) is 1. The molecule has 0 radical (unpaired) electrons. The maximum absolute atomic E-state index is 13.1. The number of rotatable bonds is 2. The van der Waals surface area contributed by atoms with Crippen LogP contribution in [0.5, 0.6) is 0 Å². The van der Waals surface area contributed by atoms with Crippen molar-refractivity contribution in [3.8, 4) is 22.4 Å². The van der Waals surface area contributed by atoms with Crippen molar-refractivity contribution in [3.63, 3.8) is 0 Å².